The van der Waals surface area contributed by atoms with E-state index >= 15 is 0 Å². The molecule has 0 unspecified atom stereocenters. The van der Waals surface area contributed by atoms with Gasteiger partial charge in [0.2, 0.25) is 0 Å². The smallest absolute Gasteiger partial charge is 0.255 e. The molecule has 0 amide bonds. The summed E-state index contributed by atoms with van der Waals surface area (Å²) >= 11 is 0. The van der Waals surface area contributed by atoms with Crippen LogP contribution < -0.4 is 5.56 Å². The first-order valence-corrected chi connectivity index (χ1v) is 10.2. The standard InChI is InChI=1S/C24H23N5O/c30-24-21-17-28(12-11-22(21)26-23(27-24)20-9-5-2-6-10-20)14-19-13-25-29(16-19)15-18-7-3-1-4-8-18/h1-10,13,16H,11-12,14-15,17H2,(H,26,27,30). The summed E-state index contributed by atoms with van der Waals surface area (Å²) in [6.07, 6.45) is 4.78. The Morgan fingerprint density at radius 3 is 2.50 bits per heavy atom. The van der Waals surface area contributed by atoms with E-state index in [1.165, 1.54) is 5.56 Å². The maximum Gasteiger partial charge on any atom is 0.255 e. The third kappa shape index (κ3) is 3.95. The minimum atomic E-state index is -0.0386. The molecule has 150 valence electrons. The summed E-state index contributed by atoms with van der Waals surface area (Å²) in [6, 6.07) is 20.1. The summed E-state index contributed by atoms with van der Waals surface area (Å²) in [5.74, 6) is 0.648. The third-order valence-electron chi connectivity index (χ3n) is 5.48. The van der Waals surface area contributed by atoms with E-state index in [-0.39, 0.29) is 5.56 Å². The summed E-state index contributed by atoms with van der Waals surface area (Å²) in [4.78, 5) is 22.7. The van der Waals surface area contributed by atoms with Crippen molar-refractivity contribution in [3.05, 3.63) is 106 Å². The lowest BCUT2D eigenvalue weighted by molar-refractivity contribution is 0.242. The van der Waals surface area contributed by atoms with Gasteiger partial charge in [-0.15, -0.1) is 0 Å². The normalized spacial score (nSPS) is 13.9. The second-order valence-electron chi connectivity index (χ2n) is 7.70. The molecule has 6 nitrogen and oxygen atoms in total. The van der Waals surface area contributed by atoms with Crippen molar-refractivity contribution >= 4 is 0 Å². The monoisotopic (exact) mass is 397 g/mol. The summed E-state index contributed by atoms with van der Waals surface area (Å²) in [6.45, 7) is 3.02. The van der Waals surface area contributed by atoms with Gasteiger partial charge in [-0.25, -0.2) is 4.98 Å². The Bertz CT molecular complexity index is 1200. The topological polar surface area (TPSA) is 66.8 Å². The number of aromatic nitrogens is 4. The largest absolute Gasteiger partial charge is 0.306 e. The van der Waals surface area contributed by atoms with Crippen LogP contribution in [0.1, 0.15) is 22.4 Å². The van der Waals surface area contributed by atoms with E-state index < -0.39 is 0 Å². The Balaban J connectivity index is 1.29. The molecule has 1 aliphatic heterocycles. The van der Waals surface area contributed by atoms with Crippen LogP contribution in [0.3, 0.4) is 0 Å². The van der Waals surface area contributed by atoms with E-state index in [0.717, 1.165) is 48.4 Å². The number of rotatable bonds is 5. The molecule has 1 N–H and O–H groups in total. The van der Waals surface area contributed by atoms with E-state index in [1.54, 1.807) is 0 Å². The van der Waals surface area contributed by atoms with Gasteiger partial charge < -0.3 is 4.98 Å². The Kier molecular flexibility index (Phi) is 4.99. The molecule has 0 spiro atoms. The molecule has 2 aromatic heterocycles. The van der Waals surface area contributed by atoms with Gasteiger partial charge in [-0.2, -0.15) is 5.10 Å². The number of hydrogen-bond donors (Lipinski definition) is 1. The van der Waals surface area contributed by atoms with E-state index in [4.69, 9.17) is 4.98 Å². The van der Waals surface area contributed by atoms with Gasteiger partial charge in [0.1, 0.15) is 5.82 Å². The summed E-state index contributed by atoms with van der Waals surface area (Å²) in [5, 5.41) is 4.49. The van der Waals surface area contributed by atoms with Gasteiger partial charge in [-0.3, -0.25) is 14.4 Å². The molecule has 0 aliphatic carbocycles. The maximum absolute atomic E-state index is 12.7. The number of nitrogens with one attached hydrogen (secondary N) is 1. The molecule has 4 aromatic rings. The minimum Gasteiger partial charge on any atom is -0.306 e. The van der Waals surface area contributed by atoms with Crippen LogP contribution in [0.15, 0.2) is 77.9 Å². The lowest BCUT2D eigenvalue weighted by Crippen LogP contribution is -2.35. The number of benzene rings is 2. The molecule has 0 fully saturated rings. The van der Waals surface area contributed by atoms with Crippen LogP contribution in [0, 0.1) is 0 Å². The van der Waals surface area contributed by atoms with Crippen LogP contribution >= 0.6 is 0 Å². The predicted molar refractivity (Wildman–Crippen MR) is 116 cm³/mol. The number of H-pyrrole nitrogens is 1. The zero-order chi connectivity index (χ0) is 20.3. The fourth-order valence-corrected chi connectivity index (χ4v) is 3.95. The molecule has 0 radical (unpaired) electrons. The molecule has 3 heterocycles. The van der Waals surface area contributed by atoms with Crippen LogP contribution in [-0.2, 0) is 26.1 Å². The molecule has 0 saturated carbocycles. The van der Waals surface area contributed by atoms with Crippen molar-refractivity contribution in [1.82, 2.24) is 24.6 Å². The molecular weight excluding hydrogens is 374 g/mol. The van der Waals surface area contributed by atoms with Gasteiger partial charge in [0.15, 0.2) is 0 Å². The Labute approximate surface area is 174 Å². The van der Waals surface area contributed by atoms with Crippen molar-refractivity contribution in [1.29, 1.82) is 0 Å². The highest BCUT2D eigenvalue weighted by molar-refractivity contribution is 5.54. The van der Waals surface area contributed by atoms with Crippen LogP contribution in [0.25, 0.3) is 11.4 Å². The Morgan fingerprint density at radius 1 is 0.933 bits per heavy atom. The fourth-order valence-electron chi connectivity index (χ4n) is 3.95. The van der Waals surface area contributed by atoms with Gasteiger partial charge >= 0.3 is 0 Å². The van der Waals surface area contributed by atoms with Crippen LogP contribution in [0.2, 0.25) is 0 Å². The van der Waals surface area contributed by atoms with Gasteiger partial charge in [-0.1, -0.05) is 60.7 Å². The molecule has 6 heteroatoms. The lowest BCUT2D eigenvalue weighted by Gasteiger charge is -2.27. The predicted octanol–water partition coefficient (Wildman–Crippen LogP) is 3.24. The molecule has 5 rings (SSSR count). The van der Waals surface area contributed by atoms with Gasteiger partial charge in [0.05, 0.1) is 24.0 Å². The minimum absolute atomic E-state index is 0.0386. The summed E-state index contributed by atoms with van der Waals surface area (Å²) in [7, 11) is 0. The number of hydrogen-bond acceptors (Lipinski definition) is 4. The van der Waals surface area contributed by atoms with E-state index in [2.05, 4.69) is 33.3 Å². The lowest BCUT2D eigenvalue weighted by atomic mass is 10.1. The summed E-state index contributed by atoms with van der Waals surface area (Å²) < 4.78 is 1.96. The maximum atomic E-state index is 12.7. The van der Waals surface area contributed by atoms with Crippen molar-refractivity contribution < 1.29 is 0 Å². The second-order valence-corrected chi connectivity index (χ2v) is 7.70. The quantitative estimate of drug-likeness (QED) is 0.561. The molecule has 30 heavy (non-hydrogen) atoms. The zero-order valence-electron chi connectivity index (χ0n) is 16.7. The van der Waals surface area contributed by atoms with Crippen LogP contribution in [-0.4, -0.2) is 31.2 Å². The molecule has 0 saturated heterocycles. The van der Waals surface area contributed by atoms with Crippen molar-refractivity contribution in [2.45, 2.75) is 26.1 Å². The van der Waals surface area contributed by atoms with E-state index in [0.29, 0.717) is 12.4 Å². The van der Waals surface area contributed by atoms with E-state index in [9.17, 15) is 4.79 Å². The van der Waals surface area contributed by atoms with E-state index in [1.807, 2.05) is 59.4 Å². The molecule has 2 aromatic carbocycles. The highest BCUT2D eigenvalue weighted by Crippen LogP contribution is 2.20. The summed E-state index contributed by atoms with van der Waals surface area (Å²) in [5.41, 5.74) is 4.96. The highest BCUT2D eigenvalue weighted by Gasteiger charge is 2.22. The van der Waals surface area contributed by atoms with Crippen LogP contribution in [0.5, 0.6) is 0 Å². The van der Waals surface area contributed by atoms with Gasteiger partial charge in [0.25, 0.3) is 5.56 Å². The number of fused-ring (bicyclic) bond motifs is 1. The third-order valence-corrected chi connectivity index (χ3v) is 5.48. The molecule has 1 aliphatic rings. The average molecular weight is 397 g/mol. The number of nitrogens with zero attached hydrogens (tertiary/aromatic N) is 4. The first-order chi connectivity index (χ1) is 14.7. The fraction of sp³-hybridized carbons (Fsp3) is 0.208. The van der Waals surface area contributed by atoms with Crippen molar-refractivity contribution in [2.75, 3.05) is 6.54 Å². The molecular formula is C24H23N5O. The van der Waals surface area contributed by atoms with Gasteiger partial charge in [-0.05, 0) is 5.56 Å². The van der Waals surface area contributed by atoms with Crippen LogP contribution in [0.4, 0.5) is 0 Å². The highest BCUT2D eigenvalue weighted by atomic mass is 16.1. The average Bonchev–Trinajstić information content (AvgIpc) is 3.22. The van der Waals surface area contributed by atoms with Crippen molar-refractivity contribution in [2.24, 2.45) is 0 Å². The molecule has 0 bridgehead atoms. The number of aromatic amines is 1. The second kappa shape index (κ2) is 8.08. The van der Waals surface area contributed by atoms with Crippen molar-refractivity contribution in [3.8, 4) is 11.4 Å². The van der Waals surface area contributed by atoms with Gasteiger partial charge in [0, 0.05) is 43.4 Å². The Hall–Kier alpha value is -3.51. The SMILES string of the molecule is O=c1[nH]c(-c2ccccc2)nc2c1CN(Cc1cnn(Cc3ccccc3)c1)CC2. The molecule has 0 atom stereocenters. The Morgan fingerprint density at radius 2 is 1.70 bits per heavy atom. The first kappa shape index (κ1) is 18.5. The zero-order valence-corrected chi connectivity index (χ0v) is 16.7. The first-order valence-electron chi connectivity index (χ1n) is 10.2. The van der Waals surface area contributed by atoms with Crippen molar-refractivity contribution in [3.63, 3.8) is 0 Å².